The molecule has 2 aromatic rings. The highest BCUT2D eigenvalue weighted by molar-refractivity contribution is 6.00. The summed E-state index contributed by atoms with van der Waals surface area (Å²) >= 11 is 0. The van der Waals surface area contributed by atoms with E-state index in [1.54, 1.807) is 29.2 Å². The normalized spacial score (nSPS) is 10.5. The standard InChI is InChI=1S/C24H30N4O2/c1-5-27(6-2)14-15-28(24(30)21-12-10-20(16-25)11-13-21)17-22(29)26-23-18(3)8-7-9-19(23)4/h7-13H,5-6,14-15,17H2,1-4H3,(H,26,29). The Labute approximate surface area is 179 Å². The van der Waals surface area contributed by atoms with E-state index in [2.05, 4.69) is 30.1 Å². The number of anilines is 1. The lowest BCUT2D eigenvalue weighted by Gasteiger charge is -2.26. The molecule has 0 saturated carbocycles. The van der Waals surface area contributed by atoms with Crippen LogP contribution in [0, 0.1) is 25.2 Å². The van der Waals surface area contributed by atoms with Gasteiger partial charge in [-0.1, -0.05) is 32.0 Å². The molecule has 0 fully saturated rings. The average molecular weight is 407 g/mol. The molecule has 0 unspecified atom stereocenters. The van der Waals surface area contributed by atoms with E-state index in [0.29, 0.717) is 24.2 Å². The van der Waals surface area contributed by atoms with Crippen LogP contribution in [-0.2, 0) is 4.79 Å². The van der Waals surface area contributed by atoms with Crippen molar-refractivity contribution >= 4 is 17.5 Å². The number of nitriles is 1. The number of amides is 2. The van der Waals surface area contributed by atoms with Crippen LogP contribution >= 0.6 is 0 Å². The summed E-state index contributed by atoms with van der Waals surface area (Å²) in [4.78, 5) is 29.7. The number of nitrogens with zero attached hydrogens (tertiary/aromatic N) is 3. The number of para-hydroxylation sites is 1. The SMILES string of the molecule is CCN(CC)CCN(CC(=O)Nc1c(C)cccc1C)C(=O)c1ccc(C#N)cc1. The van der Waals surface area contributed by atoms with Gasteiger partial charge in [0, 0.05) is 24.3 Å². The summed E-state index contributed by atoms with van der Waals surface area (Å²) in [5.74, 6) is -0.447. The first kappa shape index (κ1) is 23.1. The molecule has 0 radical (unpaired) electrons. The van der Waals surface area contributed by atoms with E-state index in [9.17, 15) is 9.59 Å². The summed E-state index contributed by atoms with van der Waals surface area (Å²) in [6.45, 7) is 10.9. The van der Waals surface area contributed by atoms with Gasteiger partial charge in [-0.3, -0.25) is 9.59 Å². The van der Waals surface area contributed by atoms with Gasteiger partial charge >= 0.3 is 0 Å². The number of hydrogen-bond acceptors (Lipinski definition) is 4. The molecule has 2 amide bonds. The second kappa shape index (κ2) is 11.1. The van der Waals surface area contributed by atoms with Crippen LogP contribution in [0.3, 0.4) is 0 Å². The summed E-state index contributed by atoms with van der Waals surface area (Å²) < 4.78 is 0. The smallest absolute Gasteiger partial charge is 0.254 e. The van der Waals surface area contributed by atoms with Gasteiger partial charge in [0.15, 0.2) is 0 Å². The zero-order valence-corrected chi connectivity index (χ0v) is 18.2. The number of carbonyl (C=O) groups is 2. The molecule has 158 valence electrons. The first-order valence-electron chi connectivity index (χ1n) is 10.3. The molecule has 1 N–H and O–H groups in total. The molecule has 0 aliphatic rings. The van der Waals surface area contributed by atoms with Gasteiger partial charge in [-0.25, -0.2) is 0 Å². The fraction of sp³-hybridized carbons (Fsp3) is 0.375. The van der Waals surface area contributed by atoms with Gasteiger partial charge in [0.2, 0.25) is 5.91 Å². The van der Waals surface area contributed by atoms with Crippen molar-refractivity contribution in [2.45, 2.75) is 27.7 Å². The number of benzene rings is 2. The second-order valence-corrected chi connectivity index (χ2v) is 7.26. The maximum absolute atomic E-state index is 13.1. The molecule has 0 saturated heterocycles. The molecule has 2 rings (SSSR count). The maximum Gasteiger partial charge on any atom is 0.254 e. The Hall–Kier alpha value is -3.17. The Morgan fingerprint density at radius 3 is 2.10 bits per heavy atom. The molecule has 30 heavy (non-hydrogen) atoms. The van der Waals surface area contributed by atoms with Crippen LogP contribution < -0.4 is 5.32 Å². The third kappa shape index (κ3) is 6.16. The number of nitrogens with one attached hydrogen (secondary N) is 1. The number of likely N-dealkylation sites (N-methyl/N-ethyl adjacent to an activating group) is 1. The van der Waals surface area contributed by atoms with Gasteiger partial charge in [-0.15, -0.1) is 0 Å². The van der Waals surface area contributed by atoms with E-state index in [-0.39, 0.29) is 18.4 Å². The Bertz CT molecular complexity index is 892. The maximum atomic E-state index is 13.1. The predicted octanol–water partition coefficient (Wildman–Crippen LogP) is 3.60. The zero-order valence-electron chi connectivity index (χ0n) is 18.2. The lowest BCUT2D eigenvalue weighted by molar-refractivity contribution is -0.116. The van der Waals surface area contributed by atoms with Crippen LogP contribution in [0.2, 0.25) is 0 Å². The minimum absolute atomic E-state index is 0.0339. The van der Waals surface area contributed by atoms with Crippen LogP contribution in [0.1, 0.15) is 40.9 Å². The van der Waals surface area contributed by atoms with Gasteiger partial charge in [-0.05, 0) is 62.3 Å². The number of hydrogen-bond donors (Lipinski definition) is 1. The Kier molecular flexibility index (Phi) is 8.57. The van der Waals surface area contributed by atoms with Crippen molar-refractivity contribution in [3.05, 3.63) is 64.7 Å². The van der Waals surface area contributed by atoms with E-state index >= 15 is 0 Å². The second-order valence-electron chi connectivity index (χ2n) is 7.26. The monoisotopic (exact) mass is 406 g/mol. The summed E-state index contributed by atoms with van der Waals surface area (Å²) in [6, 6.07) is 14.4. The molecule has 0 aromatic heterocycles. The van der Waals surface area contributed by atoms with Crippen LogP contribution in [0.5, 0.6) is 0 Å². The van der Waals surface area contributed by atoms with Crippen molar-refractivity contribution in [2.24, 2.45) is 0 Å². The van der Waals surface area contributed by atoms with Crippen LogP contribution in [0.4, 0.5) is 5.69 Å². The zero-order chi connectivity index (χ0) is 22.1. The summed E-state index contributed by atoms with van der Waals surface area (Å²) in [5.41, 5.74) is 3.72. The number of rotatable bonds is 9. The topological polar surface area (TPSA) is 76.4 Å². The Balaban J connectivity index is 2.18. The largest absolute Gasteiger partial charge is 0.328 e. The molecular weight excluding hydrogens is 376 g/mol. The number of aryl methyl sites for hydroxylation is 2. The quantitative estimate of drug-likeness (QED) is 0.690. The Morgan fingerprint density at radius 2 is 1.57 bits per heavy atom. The predicted molar refractivity (Wildman–Crippen MR) is 119 cm³/mol. The van der Waals surface area contributed by atoms with Gasteiger partial charge in [0.25, 0.3) is 5.91 Å². The highest BCUT2D eigenvalue weighted by atomic mass is 16.2. The van der Waals surface area contributed by atoms with E-state index in [0.717, 1.165) is 29.9 Å². The molecule has 0 heterocycles. The summed E-state index contributed by atoms with van der Waals surface area (Å²) in [5, 5.41) is 11.9. The van der Waals surface area contributed by atoms with Gasteiger partial charge in [0.1, 0.15) is 6.54 Å². The minimum atomic E-state index is -0.228. The molecular formula is C24H30N4O2. The molecule has 0 aliphatic carbocycles. The van der Waals surface area contributed by atoms with Gasteiger partial charge < -0.3 is 15.1 Å². The van der Waals surface area contributed by atoms with Crippen molar-refractivity contribution in [2.75, 3.05) is 38.0 Å². The van der Waals surface area contributed by atoms with Gasteiger partial charge in [-0.2, -0.15) is 5.26 Å². The summed E-state index contributed by atoms with van der Waals surface area (Å²) in [6.07, 6.45) is 0. The molecule has 0 bridgehead atoms. The van der Waals surface area contributed by atoms with Crippen molar-refractivity contribution in [1.82, 2.24) is 9.80 Å². The van der Waals surface area contributed by atoms with Gasteiger partial charge in [0.05, 0.1) is 11.6 Å². The first-order valence-corrected chi connectivity index (χ1v) is 10.3. The summed E-state index contributed by atoms with van der Waals surface area (Å²) in [7, 11) is 0. The van der Waals surface area contributed by atoms with E-state index in [4.69, 9.17) is 5.26 Å². The van der Waals surface area contributed by atoms with Crippen LogP contribution in [-0.4, -0.2) is 54.3 Å². The number of carbonyl (C=O) groups excluding carboxylic acids is 2. The highest BCUT2D eigenvalue weighted by Gasteiger charge is 2.20. The third-order valence-electron chi connectivity index (χ3n) is 5.21. The van der Waals surface area contributed by atoms with E-state index in [1.165, 1.54) is 0 Å². The van der Waals surface area contributed by atoms with E-state index in [1.807, 2.05) is 32.0 Å². The highest BCUT2D eigenvalue weighted by Crippen LogP contribution is 2.19. The molecule has 0 spiro atoms. The van der Waals surface area contributed by atoms with Crippen LogP contribution in [0.15, 0.2) is 42.5 Å². The molecule has 6 heteroatoms. The molecule has 6 nitrogen and oxygen atoms in total. The molecule has 2 aromatic carbocycles. The van der Waals surface area contributed by atoms with Crippen molar-refractivity contribution in [1.29, 1.82) is 5.26 Å². The lowest BCUT2D eigenvalue weighted by Crippen LogP contribution is -2.42. The Morgan fingerprint density at radius 1 is 0.967 bits per heavy atom. The lowest BCUT2D eigenvalue weighted by atomic mass is 10.1. The van der Waals surface area contributed by atoms with Crippen molar-refractivity contribution in [3.8, 4) is 6.07 Å². The average Bonchev–Trinajstić information content (AvgIpc) is 2.75. The third-order valence-corrected chi connectivity index (χ3v) is 5.21. The van der Waals surface area contributed by atoms with Crippen molar-refractivity contribution in [3.63, 3.8) is 0 Å². The van der Waals surface area contributed by atoms with Crippen LogP contribution in [0.25, 0.3) is 0 Å². The molecule has 0 atom stereocenters. The minimum Gasteiger partial charge on any atom is -0.328 e. The fourth-order valence-electron chi connectivity index (χ4n) is 3.29. The van der Waals surface area contributed by atoms with Crippen molar-refractivity contribution < 1.29 is 9.59 Å². The fourth-order valence-corrected chi connectivity index (χ4v) is 3.29. The van der Waals surface area contributed by atoms with E-state index < -0.39 is 0 Å². The first-order chi connectivity index (χ1) is 14.4. The molecule has 0 aliphatic heterocycles.